The van der Waals surface area contributed by atoms with Crippen molar-refractivity contribution in [2.45, 2.75) is 64.1 Å². The van der Waals surface area contributed by atoms with Gasteiger partial charge < -0.3 is 15.5 Å². The third-order valence-electron chi connectivity index (χ3n) is 5.37. The minimum atomic E-state index is 0. The summed E-state index contributed by atoms with van der Waals surface area (Å²) in [6, 6.07) is 1.48. The van der Waals surface area contributed by atoms with E-state index in [1.807, 2.05) is 7.05 Å². The predicted molar refractivity (Wildman–Crippen MR) is 114 cm³/mol. The van der Waals surface area contributed by atoms with Gasteiger partial charge in [0.1, 0.15) is 0 Å². The molecule has 2 aliphatic rings. The van der Waals surface area contributed by atoms with Crippen molar-refractivity contribution in [2.75, 3.05) is 27.2 Å². The second kappa shape index (κ2) is 9.21. The van der Waals surface area contributed by atoms with Gasteiger partial charge in [0.15, 0.2) is 5.96 Å². The number of aliphatic imine (C=N–C) groups is 1. The molecule has 1 aromatic heterocycles. The van der Waals surface area contributed by atoms with E-state index in [-0.39, 0.29) is 24.0 Å². The molecule has 1 fully saturated rings. The zero-order valence-electron chi connectivity index (χ0n) is 16.0. The molecule has 0 spiro atoms. The zero-order valence-corrected chi connectivity index (χ0v) is 18.3. The largest absolute Gasteiger partial charge is 0.355 e. The van der Waals surface area contributed by atoms with E-state index in [4.69, 9.17) is 5.10 Å². The topological polar surface area (TPSA) is 57.5 Å². The van der Waals surface area contributed by atoms with E-state index in [0.29, 0.717) is 18.1 Å². The summed E-state index contributed by atoms with van der Waals surface area (Å²) in [5.74, 6) is 0.923. The summed E-state index contributed by atoms with van der Waals surface area (Å²) in [7, 11) is 4.07. The Hall–Kier alpha value is -0.830. The number of aryl methyl sites for hydroxylation is 1. The quantitative estimate of drug-likeness (QED) is 0.411. The van der Waals surface area contributed by atoms with Crippen LogP contribution in [-0.2, 0) is 12.8 Å². The molecule has 7 heteroatoms. The van der Waals surface area contributed by atoms with Gasteiger partial charge in [-0.2, -0.15) is 5.10 Å². The molecule has 25 heavy (non-hydrogen) atoms. The number of rotatable bonds is 4. The van der Waals surface area contributed by atoms with E-state index in [1.54, 1.807) is 0 Å². The Morgan fingerprint density at radius 3 is 2.84 bits per heavy atom. The Kier molecular flexibility index (Phi) is 7.54. The third-order valence-corrected chi connectivity index (χ3v) is 5.37. The SMILES string of the molecule is CN=C(NCC1CCCN1C)NC1CCc2cn(C(C)C)nc2C1.I. The summed E-state index contributed by atoms with van der Waals surface area (Å²) in [6.07, 6.45) is 8.03. The summed E-state index contributed by atoms with van der Waals surface area (Å²) in [5, 5.41) is 11.9. The molecule has 6 nitrogen and oxygen atoms in total. The maximum absolute atomic E-state index is 4.76. The van der Waals surface area contributed by atoms with Crippen LogP contribution < -0.4 is 10.6 Å². The first kappa shape index (κ1) is 20.5. The first-order chi connectivity index (χ1) is 11.6. The highest BCUT2D eigenvalue weighted by Crippen LogP contribution is 2.21. The van der Waals surface area contributed by atoms with Crippen LogP contribution in [0.3, 0.4) is 0 Å². The smallest absolute Gasteiger partial charge is 0.191 e. The van der Waals surface area contributed by atoms with Crippen LogP contribution in [0.1, 0.15) is 50.4 Å². The Labute approximate surface area is 168 Å². The van der Waals surface area contributed by atoms with Crippen LogP contribution in [0.4, 0.5) is 0 Å². The lowest BCUT2D eigenvalue weighted by Crippen LogP contribution is -2.48. The molecule has 0 saturated carbocycles. The van der Waals surface area contributed by atoms with Gasteiger partial charge in [-0.15, -0.1) is 24.0 Å². The normalized spacial score (nSPS) is 24.1. The van der Waals surface area contributed by atoms with Gasteiger partial charge in [-0.05, 0) is 58.7 Å². The van der Waals surface area contributed by atoms with E-state index in [2.05, 4.69) is 52.3 Å². The average Bonchev–Trinajstić information content (AvgIpc) is 3.17. The molecule has 1 aromatic rings. The molecule has 2 heterocycles. The molecule has 0 amide bonds. The number of guanidine groups is 1. The molecular weight excluding hydrogens is 427 g/mol. The fraction of sp³-hybridized carbons (Fsp3) is 0.778. The van der Waals surface area contributed by atoms with Crippen molar-refractivity contribution in [3.05, 3.63) is 17.5 Å². The molecule has 3 rings (SSSR count). The Balaban J connectivity index is 0.00000225. The summed E-state index contributed by atoms with van der Waals surface area (Å²) in [5.41, 5.74) is 2.66. The number of halogens is 1. The Morgan fingerprint density at radius 2 is 2.20 bits per heavy atom. The first-order valence-electron chi connectivity index (χ1n) is 9.31. The average molecular weight is 460 g/mol. The van der Waals surface area contributed by atoms with Gasteiger partial charge in [0.05, 0.1) is 5.69 Å². The highest BCUT2D eigenvalue weighted by Gasteiger charge is 2.24. The maximum Gasteiger partial charge on any atom is 0.191 e. The van der Waals surface area contributed by atoms with E-state index >= 15 is 0 Å². The second-order valence-electron chi connectivity index (χ2n) is 7.49. The fourth-order valence-electron chi connectivity index (χ4n) is 3.74. The number of likely N-dealkylation sites (N-methyl/N-ethyl adjacent to an activating group) is 1. The predicted octanol–water partition coefficient (Wildman–Crippen LogP) is 2.20. The molecule has 1 saturated heterocycles. The van der Waals surface area contributed by atoms with Crippen molar-refractivity contribution in [1.29, 1.82) is 0 Å². The van der Waals surface area contributed by atoms with Crippen molar-refractivity contribution in [1.82, 2.24) is 25.3 Å². The van der Waals surface area contributed by atoms with Gasteiger partial charge in [-0.25, -0.2) is 0 Å². The van der Waals surface area contributed by atoms with Crippen LogP contribution in [0, 0.1) is 0 Å². The summed E-state index contributed by atoms with van der Waals surface area (Å²) in [6.45, 7) is 6.54. The lowest BCUT2D eigenvalue weighted by Gasteiger charge is -2.26. The molecule has 0 bridgehead atoms. The van der Waals surface area contributed by atoms with E-state index in [0.717, 1.165) is 31.8 Å². The van der Waals surface area contributed by atoms with Gasteiger partial charge in [0.2, 0.25) is 0 Å². The molecule has 0 aromatic carbocycles. The van der Waals surface area contributed by atoms with Crippen LogP contribution in [0.15, 0.2) is 11.2 Å². The van der Waals surface area contributed by atoms with E-state index in [9.17, 15) is 0 Å². The number of hydrogen-bond acceptors (Lipinski definition) is 3. The summed E-state index contributed by atoms with van der Waals surface area (Å²) in [4.78, 5) is 6.84. The summed E-state index contributed by atoms with van der Waals surface area (Å²) >= 11 is 0. The molecular formula is C18H33IN6. The van der Waals surface area contributed by atoms with E-state index in [1.165, 1.54) is 30.6 Å². The van der Waals surface area contributed by atoms with Crippen molar-refractivity contribution in [3.8, 4) is 0 Å². The fourth-order valence-corrected chi connectivity index (χ4v) is 3.74. The minimum absolute atomic E-state index is 0. The molecule has 142 valence electrons. The lowest BCUT2D eigenvalue weighted by atomic mass is 9.94. The van der Waals surface area contributed by atoms with Crippen LogP contribution in [0.5, 0.6) is 0 Å². The van der Waals surface area contributed by atoms with Crippen LogP contribution >= 0.6 is 24.0 Å². The van der Waals surface area contributed by atoms with Crippen molar-refractivity contribution < 1.29 is 0 Å². The second-order valence-corrected chi connectivity index (χ2v) is 7.49. The van der Waals surface area contributed by atoms with E-state index < -0.39 is 0 Å². The monoisotopic (exact) mass is 460 g/mol. The molecule has 2 N–H and O–H groups in total. The number of hydrogen-bond donors (Lipinski definition) is 2. The van der Waals surface area contributed by atoms with Gasteiger partial charge >= 0.3 is 0 Å². The number of likely N-dealkylation sites (tertiary alicyclic amines) is 1. The number of fused-ring (bicyclic) bond motifs is 1. The maximum atomic E-state index is 4.76. The van der Waals surface area contributed by atoms with Crippen LogP contribution in [-0.4, -0.2) is 59.9 Å². The summed E-state index contributed by atoms with van der Waals surface area (Å²) < 4.78 is 2.09. The minimum Gasteiger partial charge on any atom is -0.355 e. The van der Waals surface area contributed by atoms with Crippen LogP contribution in [0.25, 0.3) is 0 Å². The molecule has 1 aliphatic heterocycles. The highest BCUT2D eigenvalue weighted by molar-refractivity contribution is 14.0. The Bertz CT molecular complexity index is 582. The Morgan fingerprint density at radius 1 is 1.40 bits per heavy atom. The number of nitrogens with zero attached hydrogens (tertiary/aromatic N) is 4. The first-order valence-corrected chi connectivity index (χ1v) is 9.31. The number of nitrogens with one attached hydrogen (secondary N) is 2. The van der Waals surface area contributed by atoms with Crippen molar-refractivity contribution >= 4 is 29.9 Å². The van der Waals surface area contributed by atoms with Gasteiger partial charge in [0, 0.05) is 44.3 Å². The van der Waals surface area contributed by atoms with Gasteiger partial charge in [0.25, 0.3) is 0 Å². The third kappa shape index (κ3) is 5.09. The highest BCUT2D eigenvalue weighted by atomic mass is 127. The van der Waals surface area contributed by atoms with Crippen molar-refractivity contribution in [3.63, 3.8) is 0 Å². The van der Waals surface area contributed by atoms with Crippen molar-refractivity contribution in [2.24, 2.45) is 4.99 Å². The zero-order chi connectivity index (χ0) is 17.1. The molecule has 1 aliphatic carbocycles. The number of aromatic nitrogens is 2. The molecule has 2 unspecified atom stereocenters. The van der Waals surface area contributed by atoms with Crippen LogP contribution in [0.2, 0.25) is 0 Å². The van der Waals surface area contributed by atoms with Gasteiger partial charge in [-0.3, -0.25) is 9.67 Å². The lowest BCUT2D eigenvalue weighted by molar-refractivity contribution is 0.309. The van der Waals surface area contributed by atoms with Gasteiger partial charge in [-0.1, -0.05) is 0 Å². The molecule has 2 atom stereocenters. The standard InChI is InChI=1S/C18H32N6.HI/c1-13(2)24-12-14-7-8-15(10-17(14)22-24)21-18(19-3)20-11-16-6-5-9-23(16)4;/h12-13,15-16H,5-11H2,1-4H3,(H2,19,20,21);1H. The molecule has 0 radical (unpaired) electrons.